The molecule has 0 aromatic heterocycles. The molecule has 1 fully saturated rings. The van der Waals surface area contributed by atoms with E-state index in [0.29, 0.717) is 18.9 Å². The first-order valence-electron chi connectivity index (χ1n) is 4.41. The van der Waals surface area contributed by atoms with Crippen LogP contribution in [0.25, 0.3) is 0 Å². The molecule has 0 N–H and O–H groups in total. The van der Waals surface area contributed by atoms with Crippen LogP contribution in [0, 0.1) is 5.92 Å². The van der Waals surface area contributed by atoms with Crippen molar-refractivity contribution in [2.24, 2.45) is 5.92 Å². The van der Waals surface area contributed by atoms with Gasteiger partial charge in [0.15, 0.2) is 5.78 Å². The summed E-state index contributed by atoms with van der Waals surface area (Å²) in [5.41, 5.74) is 1.30. The van der Waals surface area contributed by atoms with E-state index in [0.717, 1.165) is 0 Å². The van der Waals surface area contributed by atoms with Gasteiger partial charge < -0.3 is 4.74 Å². The number of hydrogen-bond acceptors (Lipinski definition) is 2. The molecule has 1 heterocycles. The molecule has 0 radical (unpaired) electrons. The summed E-state index contributed by atoms with van der Waals surface area (Å²) in [6, 6.07) is 0. The van der Waals surface area contributed by atoms with E-state index in [-0.39, 0.29) is 11.9 Å². The Balaban J connectivity index is 2.50. The fraction of sp³-hybridized carbons (Fsp3) is 0.700. The van der Waals surface area contributed by atoms with E-state index in [1.165, 1.54) is 5.57 Å². The van der Waals surface area contributed by atoms with Crippen LogP contribution in [0.1, 0.15) is 27.2 Å². The average molecular weight is 168 g/mol. The quantitative estimate of drug-likeness (QED) is 0.589. The van der Waals surface area contributed by atoms with Crippen LogP contribution in [0.2, 0.25) is 0 Å². The second-order valence-corrected chi connectivity index (χ2v) is 3.66. The topological polar surface area (TPSA) is 26.3 Å². The third-order valence-corrected chi connectivity index (χ3v) is 2.25. The standard InChI is InChI=1S/C10H16O2/c1-7(2)8(3)4-10-5-9(11)6-12-10/h4,7,10H,5-6H2,1-3H3. The lowest BCUT2D eigenvalue weighted by Crippen LogP contribution is -2.03. The van der Waals surface area contributed by atoms with Crippen molar-refractivity contribution in [1.82, 2.24) is 0 Å². The van der Waals surface area contributed by atoms with E-state index in [4.69, 9.17) is 4.74 Å². The van der Waals surface area contributed by atoms with Crippen molar-refractivity contribution >= 4 is 5.78 Å². The van der Waals surface area contributed by atoms with Gasteiger partial charge in [-0.05, 0) is 12.8 Å². The van der Waals surface area contributed by atoms with Crippen LogP contribution in [-0.2, 0) is 9.53 Å². The van der Waals surface area contributed by atoms with Crippen LogP contribution in [0.4, 0.5) is 0 Å². The third kappa shape index (κ3) is 2.45. The fourth-order valence-electron chi connectivity index (χ4n) is 1.13. The van der Waals surface area contributed by atoms with E-state index in [2.05, 4.69) is 26.8 Å². The smallest absolute Gasteiger partial charge is 0.161 e. The van der Waals surface area contributed by atoms with Gasteiger partial charge in [-0.15, -0.1) is 0 Å². The predicted molar refractivity (Wildman–Crippen MR) is 48.0 cm³/mol. The maximum atomic E-state index is 10.9. The number of rotatable bonds is 2. The average Bonchev–Trinajstić information content (AvgIpc) is 2.35. The Kier molecular flexibility index (Phi) is 3.04. The molecular formula is C10H16O2. The summed E-state index contributed by atoms with van der Waals surface area (Å²) in [5.74, 6) is 0.761. The number of carbonyl (C=O) groups is 1. The zero-order valence-corrected chi connectivity index (χ0v) is 7.96. The minimum Gasteiger partial charge on any atom is -0.366 e. The van der Waals surface area contributed by atoms with E-state index >= 15 is 0 Å². The van der Waals surface area contributed by atoms with Crippen molar-refractivity contribution in [3.63, 3.8) is 0 Å². The number of allylic oxidation sites excluding steroid dienone is 1. The van der Waals surface area contributed by atoms with Crippen molar-refractivity contribution in [2.45, 2.75) is 33.3 Å². The SMILES string of the molecule is CC(=CC1CC(=O)CO1)C(C)C. The van der Waals surface area contributed by atoms with Crippen LogP contribution in [0.5, 0.6) is 0 Å². The first-order valence-corrected chi connectivity index (χ1v) is 4.41. The molecule has 1 saturated heterocycles. The normalized spacial score (nSPS) is 25.5. The van der Waals surface area contributed by atoms with Crippen molar-refractivity contribution in [3.8, 4) is 0 Å². The second-order valence-electron chi connectivity index (χ2n) is 3.66. The van der Waals surface area contributed by atoms with Crippen LogP contribution in [0.15, 0.2) is 11.6 Å². The summed E-state index contributed by atoms with van der Waals surface area (Å²) in [4.78, 5) is 10.9. The van der Waals surface area contributed by atoms with Gasteiger partial charge in [0.25, 0.3) is 0 Å². The van der Waals surface area contributed by atoms with Crippen LogP contribution < -0.4 is 0 Å². The van der Waals surface area contributed by atoms with Crippen molar-refractivity contribution < 1.29 is 9.53 Å². The molecule has 0 aliphatic carbocycles. The second kappa shape index (κ2) is 3.85. The molecule has 1 aliphatic heterocycles. The maximum absolute atomic E-state index is 10.9. The highest BCUT2D eigenvalue weighted by molar-refractivity contribution is 5.82. The lowest BCUT2D eigenvalue weighted by atomic mass is 10.0. The molecule has 2 nitrogen and oxygen atoms in total. The highest BCUT2D eigenvalue weighted by Gasteiger charge is 2.20. The lowest BCUT2D eigenvalue weighted by molar-refractivity contribution is -0.117. The molecule has 2 heteroatoms. The molecule has 1 unspecified atom stereocenters. The maximum Gasteiger partial charge on any atom is 0.161 e. The first kappa shape index (κ1) is 9.46. The van der Waals surface area contributed by atoms with Crippen molar-refractivity contribution in [1.29, 1.82) is 0 Å². The van der Waals surface area contributed by atoms with Gasteiger partial charge in [0.1, 0.15) is 6.61 Å². The van der Waals surface area contributed by atoms with E-state index in [1.54, 1.807) is 0 Å². The molecule has 0 amide bonds. The Bertz CT molecular complexity index is 204. The number of carbonyl (C=O) groups excluding carboxylic acids is 1. The monoisotopic (exact) mass is 168 g/mol. The van der Waals surface area contributed by atoms with Gasteiger partial charge in [-0.25, -0.2) is 0 Å². The van der Waals surface area contributed by atoms with Gasteiger partial charge in [0.2, 0.25) is 0 Å². The van der Waals surface area contributed by atoms with Crippen LogP contribution >= 0.6 is 0 Å². The van der Waals surface area contributed by atoms with Gasteiger partial charge in [0.05, 0.1) is 6.10 Å². The third-order valence-electron chi connectivity index (χ3n) is 2.25. The summed E-state index contributed by atoms with van der Waals surface area (Å²) in [5, 5.41) is 0. The predicted octanol–water partition coefficient (Wildman–Crippen LogP) is 1.95. The van der Waals surface area contributed by atoms with Crippen LogP contribution in [0.3, 0.4) is 0 Å². The minimum atomic E-state index is 0.0416. The molecular weight excluding hydrogens is 152 g/mol. The first-order chi connectivity index (χ1) is 5.59. The lowest BCUT2D eigenvalue weighted by Gasteiger charge is -2.08. The molecule has 0 aromatic carbocycles. The minimum absolute atomic E-state index is 0.0416. The molecule has 0 bridgehead atoms. The summed E-state index contributed by atoms with van der Waals surface area (Å²) in [6.07, 6.45) is 2.67. The Morgan fingerprint density at radius 2 is 2.33 bits per heavy atom. The molecule has 0 spiro atoms. The van der Waals surface area contributed by atoms with Gasteiger partial charge in [-0.3, -0.25) is 4.79 Å². The molecule has 1 rings (SSSR count). The van der Waals surface area contributed by atoms with Gasteiger partial charge in [-0.2, -0.15) is 0 Å². The van der Waals surface area contributed by atoms with E-state index < -0.39 is 0 Å². The van der Waals surface area contributed by atoms with Crippen LogP contribution in [-0.4, -0.2) is 18.5 Å². The Morgan fingerprint density at radius 3 is 2.75 bits per heavy atom. The van der Waals surface area contributed by atoms with Crippen molar-refractivity contribution in [2.75, 3.05) is 6.61 Å². The van der Waals surface area contributed by atoms with Gasteiger partial charge in [-0.1, -0.05) is 25.5 Å². The summed E-state index contributed by atoms with van der Waals surface area (Å²) in [6.45, 7) is 6.66. The Morgan fingerprint density at radius 1 is 1.67 bits per heavy atom. The zero-order valence-electron chi connectivity index (χ0n) is 7.96. The zero-order chi connectivity index (χ0) is 9.14. The van der Waals surface area contributed by atoms with Crippen molar-refractivity contribution in [3.05, 3.63) is 11.6 Å². The summed E-state index contributed by atoms with van der Waals surface area (Å²) < 4.78 is 5.26. The highest BCUT2D eigenvalue weighted by Crippen LogP contribution is 2.16. The fourth-order valence-corrected chi connectivity index (χ4v) is 1.13. The molecule has 68 valence electrons. The Hall–Kier alpha value is -0.630. The molecule has 12 heavy (non-hydrogen) atoms. The number of ether oxygens (including phenoxy) is 1. The molecule has 0 saturated carbocycles. The summed E-state index contributed by atoms with van der Waals surface area (Å²) in [7, 11) is 0. The number of ketones is 1. The van der Waals surface area contributed by atoms with Gasteiger partial charge in [0, 0.05) is 6.42 Å². The molecule has 0 aromatic rings. The Labute approximate surface area is 73.6 Å². The highest BCUT2D eigenvalue weighted by atomic mass is 16.5. The summed E-state index contributed by atoms with van der Waals surface area (Å²) >= 11 is 0. The molecule has 1 aliphatic rings. The number of Topliss-reactive ketones (excluding diaryl/α,β-unsaturated/α-hetero) is 1. The van der Waals surface area contributed by atoms with E-state index in [1.807, 2.05) is 0 Å². The van der Waals surface area contributed by atoms with E-state index in [9.17, 15) is 4.79 Å². The number of hydrogen-bond donors (Lipinski definition) is 0. The van der Waals surface area contributed by atoms with Gasteiger partial charge >= 0.3 is 0 Å². The molecule has 1 atom stereocenters. The largest absolute Gasteiger partial charge is 0.366 e.